The number of aromatic nitrogens is 1. The molecule has 1 fully saturated rings. The molecule has 1 amide bonds. The van der Waals surface area contributed by atoms with Crippen LogP contribution in [-0.4, -0.2) is 34.9 Å². The van der Waals surface area contributed by atoms with Crippen molar-refractivity contribution in [3.63, 3.8) is 0 Å². The fraction of sp³-hybridized carbons (Fsp3) is 0.600. The van der Waals surface area contributed by atoms with Crippen molar-refractivity contribution in [2.24, 2.45) is 5.73 Å². The fourth-order valence-corrected chi connectivity index (χ4v) is 1.85. The maximum absolute atomic E-state index is 12.0. The van der Waals surface area contributed by atoms with E-state index in [4.69, 9.17) is 10.2 Å². The van der Waals surface area contributed by atoms with Crippen LogP contribution in [0.3, 0.4) is 0 Å². The Morgan fingerprint density at radius 1 is 1.73 bits per heavy atom. The van der Waals surface area contributed by atoms with E-state index in [0.717, 1.165) is 19.4 Å². The molecule has 2 N–H and O–H groups in total. The van der Waals surface area contributed by atoms with Crippen LogP contribution in [0.5, 0.6) is 0 Å². The van der Waals surface area contributed by atoms with E-state index in [9.17, 15) is 4.79 Å². The average molecular weight is 209 g/mol. The first-order valence-corrected chi connectivity index (χ1v) is 5.13. The van der Waals surface area contributed by atoms with Crippen LogP contribution in [0.4, 0.5) is 0 Å². The van der Waals surface area contributed by atoms with Gasteiger partial charge in [-0.1, -0.05) is 0 Å². The average Bonchev–Trinajstić information content (AvgIpc) is 2.63. The Morgan fingerprint density at radius 3 is 3.13 bits per heavy atom. The molecule has 0 aliphatic carbocycles. The van der Waals surface area contributed by atoms with Gasteiger partial charge in [0.1, 0.15) is 5.76 Å². The molecule has 0 saturated carbocycles. The lowest BCUT2D eigenvalue weighted by Crippen LogP contribution is -2.45. The number of oxazole rings is 1. The number of nitrogens with two attached hydrogens (primary N) is 1. The molecule has 1 aromatic heterocycles. The van der Waals surface area contributed by atoms with E-state index in [1.807, 2.05) is 0 Å². The quantitative estimate of drug-likeness (QED) is 0.733. The highest BCUT2D eigenvalue weighted by molar-refractivity contribution is 5.93. The Bertz CT molecular complexity index is 361. The van der Waals surface area contributed by atoms with Gasteiger partial charge in [0.15, 0.2) is 12.1 Å². The number of nitrogens with zero attached hydrogens (tertiary/aromatic N) is 2. The first-order valence-electron chi connectivity index (χ1n) is 5.13. The summed E-state index contributed by atoms with van der Waals surface area (Å²) in [6.07, 6.45) is 3.25. The molecule has 5 heteroatoms. The normalized spacial score (nSPS) is 21.7. The molecule has 1 saturated heterocycles. The van der Waals surface area contributed by atoms with Gasteiger partial charge in [-0.05, 0) is 19.8 Å². The van der Waals surface area contributed by atoms with Crippen LogP contribution in [-0.2, 0) is 0 Å². The Balaban J connectivity index is 2.11. The standard InChI is InChI=1S/C10H15N3O2/c1-7-9(12-6-15-7)10(14)13-4-2-3-8(11)5-13/h6,8H,2-5,11H2,1H3. The second-order valence-corrected chi connectivity index (χ2v) is 3.91. The predicted octanol–water partition coefficient (Wildman–Crippen LogP) is 0.546. The van der Waals surface area contributed by atoms with E-state index in [1.54, 1.807) is 11.8 Å². The van der Waals surface area contributed by atoms with Crippen molar-refractivity contribution in [3.8, 4) is 0 Å². The van der Waals surface area contributed by atoms with Crippen molar-refractivity contribution in [1.82, 2.24) is 9.88 Å². The van der Waals surface area contributed by atoms with Gasteiger partial charge in [-0.25, -0.2) is 4.98 Å². The molecule has 1 aromatic rings. The lowest BCUT2D eigenvalue weighted by Gasteiger charge is -2.30. The van der Waals surface area contributed by atoms with E-state index < -0.39 is 0 Å². The molecule has 15 heavy (non-hydrogen) atoms. The van der Waals surface area contributed by atoms with Gasteiger partial charge in [0, 0.05) is 19.1 Å². The number of piperidine rings is 1. The Kier molecular flexibility index (Phi) is 2.73. The summed E-state index contributed by atoms with van der Waals surface area (Å²) in [5.41, 5.74) is 6.22. The number of hydrogen-bond acceptors (Lipinski definition) is 4. The van der Waals surface area contributed by atoms with Gasteiger partial charge in [-0.2, -0.15) is 0 Å². The minimum atomic E-state index is -0.0728. The van der Waals surface area contributed by atoms with E-state index >= 15 is 0 Å². The number of carbonyl (C=O) groups is 1. The van der Waals surface area contributed by atoms with Gasteiger partial charge in [0.2, 0.25) is 0 Å². The fourth-order valence-electron chi connectivity index (χ4n) is 1.85. The summed E-state index contributed by atoms with van der Waals surface area (Å²) in [7, 11) is 0. The Labute approximate surface area is 88.3 Å². The zero-order valence-electron chi connectivity index (χ0n) is 8.77. The molecule has 0 aromatic carbocycles. The maximum Gasteiger partial charge on any atom is 0.276 e. The number of aryl methyl sites for hydroxylation is 1. The SMILES string of the molecule is Cc1ocnc1C(=O)N1CCCC(N)C1. The van der Waals surface area contributed by atoms with Gasteiger partial charge >= 0.3 is 0 Å². The van der Waals surface area contributed by atoms with Gasteiger partial charge in [-0.3, -0.25) is 4.79 Å². The number of carbonyl (C=O) groups excluding carboxylic acids is 1. The highest BCUT2D eigenvalue weighted by atomic mass is 16.3. The van der Waals surface area contributed by atoms with Crippen LogP contribution < -0.4 is 5.73 Å². The molecule has 82 valence electrons. The number of amides is 1. The summed E-state index contributed by atoms with van der Waals surface area (Å²) in [6, 6.07) is 0.0925. The highest BCUT2D eigenvalue weighted by Gasteiger charge is 2.25. The molecule has 2 heterocycles. The van der Waals surface area contributed by atoms with Crippen LogP contribution >= 0.6 is 0 Å². The summed E-state index contributed by atoms with van der Waals surface area (Å²) in [4.78, 5) is 17.6. The topological polar surface area (TPSA) is 72.4 Å². The molecule has 1 aliphatic rings. The van der Waals surface area contributed by atoms with Gasteiger partial charge in [-0.15, -0.1) is 0 Å². The van der Waals surface area contributed by atoms with E-state index in [1.165, 1.54) is 6.39 Å². The molecule has 1 unspecified atom stereocenters. The van der Waals surface area contributed by atoms with Crippen LogP contribution in [0.2, 0.25) is 0 Å². The Hall–Kier alpha value is -1.36. The van der Waals surface area contributed by atoms with Crippen LogP contribution in [0, 0.1) is 6.92 Å². The molecular weight excluding hydrogens is 194 g/mol. The van der Waals surface area contributed by atoms with Gasteiger partial charge in [0.25, 0.3) is 5.91 Å². The number of likely N-dealkylation sites (tertiary alicyclic amines) is 1. The summed E-state index contributed by atoms with van der Waals surface area (Å²) >= 11 is 0. The van der Waals surface area contributed by atoms with Crippen molar-refractivity contribution >= 4 is 5.91 Å². The largest absolute Gasteiger partial charge is 0.448 e. The summed E-state index contributed by atoms with van der Waals surface area (Å²) in [6.45, 7) is 3.12. The third kappa shape index (κ3) is 2.02. The molecule has 5 nitrogen and oxygen atoms in total. The zero-order chi connectivity index (χ0) is 10.8. The third-order valence-electron chi connectivity index (χ3n) is 2.69. The number of rotatable bonds is 1. The van der Waals surface area contributed by atoms with Crippen molar-refractivity contribution in [3.05, 3.63) is 17.8 Å². The first-order chi connectivity index (χ1) is 7.18. The van der Waals surface area contributed by atoms with E-state index in [2.05, 4.69) is 4.98 Å². The molecule has 0 spiro atoms. The monoisotopic (exact) mass is 209 g/mol. The van der Waals surface area contributed by atoms with Crippen molar-refractivity contribution in [2.45, 2.75) is 25.8 Å². The summed E-state index contributed by atoms with van der Waals surface area (Å²) < 4.78 is 5.01. The van der Waals surface area contributed by atoms with Crippen LogP contribution in [0.15, 0.2) is 10.8 Å². The van der Waals surface area contributed by atoms with E-state index in [-0.39, 0.29) is 11.9 Å². The van der Waals surface area contributed by atoms with Gasteiger partial charge < -0.3 is 15.1 Å². The molecule has 2 rings (SSSR count). The van der Waals surface area contributed by atoms with Crippen molar-refractivity contribution in [1.29, 1.82) is 0 Å². The smallest absolute Gasteiger partial charge is 0.276 e. The minimum absolute atomic E-state index is 0.0728. The van der Waals surface area contributed by atoms with Crippen LogP contribution in [0.25, 0.3) is 0 Å². The lowest BCUT2D eigenvalue weighted by atomic mass is 10.1. The molecular formula is C10H15N3O2. The molecule has 1 atom stereocenters. The number of hydrogen-bond donors (Lipinski definition) is 1. The van der Waals surface area contributed by atoms with Crippen molar-refractivity contribution in [2.75, 3.05) is 13.1 Å². The highest BCUT2D eigenvalue weighted by Crippen LogP contribution is 2.13. The maximum atomic E-state index is 12.0. The lowest BCUT2D eigenvalue weighted by molar-refractivity contribution is 0.0702. The molecule has 1 aliphatic heterocycles. The van der Waals surface area contributed by atoms with Crippen LogP contribution in [0.1, 0.15) is 29.1 Å². The van der Waals surface area contributed by atoms with Crippen molar-refractivity contribution < 1.29 is 9.21 Å². The molecule has 0 radical (unpaired) electrons. The predicted molar refractivity (Wildman–Crippen MR) is 54.4 cm³/mol. The first kappa shape index (κ1) is 10.2. The second kappa shape index (κ2) is 4.02. The van der Waals surface area contributed by atoms with E-state index in [0.29, 0.717) is 18.0 Å². The summed E-state index contributed by atoms with van der Waals surface area (Å²) in [5.74, 6) is 0.496. The molecule has 0 bridgehead atoms. The Morgan fingerprint density at radius 2 is 2.53 bits per heavy atom. The second-order valence-electron chi connectivity index (χ2n) is 3.91. The third-order valence-corrected chi connectivity index (χ3v) is 2.69. The zero-order valence-corrected chi connectivity index (χ0v) is 8.77. The summed E-state index contributed by atoms with van der Waals surface area (Å²) in [5, 5.41) is 0. The van der Waals surface area contributed by atoms with Gasteiger partial charge in [0.05, 0.1) is 0 Å². The minimum Gasteiger partial charge on any atom is -0.448 e.